The summed E-state index contributed by atoms with van der Waals surface area (Å²) in [5.74, 6) is 0.563. The molecule has 0 amide bonds. The maximum atomic E-state index is 5.63. The first-order chi connectivity index (χ1) is 9.67. The Balaban J connectivity index is 2.01. The quantitative estimate of drug-likeness (QED) is 0.786. The second-order valence-corrected chi connectivity index (χ2v) is 5.42. The van der Waals surface area contributed by atoms with Crippen LogP contribution in [0.1, 0.15) is 31.0 Å². The van der Waals surface area contributed by atoms with E-state index in [4.69, 9.17) is 5.73 Å². The van der Waals surface area contributed by atoms with Gasteiger partial charge in [-0.25, -0.2) is 4.98 Å². The largest absolute Gasteiger partial charge is 0.325 e. The van der Waals surface area contributed by atoms with E-state index in [0.717, 1.165) is 11.2 Å². The molecule has 0 saturated heterocycles. The number of aromatic nitrogens is 2. The fourth-order valence-electron chi connectivity index (χ4n) is 2.39. The number of nitrogens with zero attached hydrogens (tertiary/aromatic N) is 2. The molecule has 0 fully saturated rings. The van der Waals surface area contributed by atoms with Crippen LogP contribution < -0.4 is 5.73 Å². The second-order valence-electron chi connectivity index (χ2n) is 5.42. The molecule has 2 heterocycles. The lowest BCUT2D eigenvalue weighted by molar-refractivity contribution is 0.867. The van der Waals surface area contributed by atoms with Crippen LogP contribution in [-0.2, 0) is 6.54 Å². The van der Waals surface area contributed by atoms with Crippen molar-refractivity contribution in [2.45, 2.75) is 26.3 Å². The molecular formula is C17H19N3. The molecule has 0 radical (unpaired) electrons. The van der Waals surface area contributed by atoms with E-state index in [9.17, 15) is 0 Å². The minimum atomic E-state index is 0.472. The van der Waals surface area contributed by atoms with Crippen LogP contribution >= 0.6 is 0 Å². The van der Waals surface area contributed by atoms with Gasteiger partial charge in [-0.05, 0) is 29.2 Å². The van der Waals surface area contributed by atoms with Crippen molar-refractivity contribution in [3.8, 4) is 11.1 Å². The number of hydrogen-bond acceptors (Lipinski definition) is 2. The van der Waals surface area contributed by atoms with Gasteiger partial charge >= 0.3 is 0 Å². The maximum absolute atomic E-state index is 5.63. The van der Waals surface area contributed by atoms with Crippen LogP contribution in [0.4, 0.5) is 0 Å². The highest BCUT2D eigenvalue weighted by Crippen LogP contribution is 2.25. The average molecular weight is 265 g/mol. The van der Waals surface area contributed by atoms with Gasteiger partial charge < -0.3 is 10.1 Å². The van der Waals surface area contributed by atoms with Crippen molar-refractivity contribution in [1.82, 2.24) is 9.38 Å². The van der Waals surface area contributed by atoms with E-state index in [1.807, 2.05) is 16.8 Å². The van der Waals surface area contributed by atoms with E-state index in [1.54, 1.807) is 0 Å². The smallest absolute Gasteiger partial charge is 0.0994 e. The van der Waals surface area contributed by atoms with Crippen molar-refractivity contribution in [1.29, 1.82) is 0 Å². The predicted octanol–water partition coefficient (Wildman–Crippen LogP) is 3.58. The molecule has 0 aliphatic rings. The molecule has 0 unspecified atom stereocenters. The van der Waals surface area contributed by atoms with Crippen LogP contribution in [0, 0.1) is 0 Å². The van der Waals surface area contributed by atoms with Crippen LogP contribution in [-0.4, -0.2) is 9.38 Å². The summed E-state index contributed by atoms with van der Waals surface area (Å²) in [5, 5.41) is 0. The molecule has 2 aromatic heterocycles. The summed E-state index contributed by atoms with van der Waals surface area (Å²) >= 11 is 0. The Hall–Kier alpha value is -2.13. The summed E-state index contributed by atoms with van der Waals surface area (Å²) < 4.78 is 2.03. The highest BCUT2D eigenvalue weighted by molar-refractivity contribution is 5.70. The van der Waals surface area contributed by atoms with Crippen molar-refractivity contribution in [3.05, 3.63) is 60.2 Å². The molecule has 3 aromatic rings. The number of fused-ring (bicyclic) bond motifs is 1. The molecule has 2 N–H and O–H groups in total. The normalized spacial score (nSPS) is 11.4. The highest BCUT2D eigenvalue weighted by Gasteiger charge is 2.05. The molecule has 0 saturated carbocycles. The van der Waals surface area contributed by atoms with Crippen LogP contribution in [0.5, 0.6) is 0 Å². The standard InChI is InChI=1S/C17H19N3/c1-12(2)13-3-5-14(6-4-13)15-7-17-8-16(9-18)19-11-20(17)10-15/h3-8,10-12H,9,18H2,1-2H3. The fraction of sp³-hybridized carbons (Fsp3) is 0.235. The molecular weight excluding hydrogens is 246 g/mol. The predicted molar refractivity (Wildman–Crippen MR) is 82.6 cm³/mol. The van der Waals surface area contributed by atoms with Gasteiger partial charge in [0.15, 0.2) is 0 Å². The van der Waals surface area contributed by atoms with Crippen molar-refractivity contribution in [2.75, 3.05) is 0 Å². The average Bonchev–Trinajstić information content (AvgIpc) is 2.90. The minimum Gasteiger partial charge on any atom is -0.325 e. The Morgan fingerprint density at radius 3 is 2.50 bits per heavy atom. The van der Waals surface area contributed by atoms with Crippen LogP contribution in [0.25, 0.3) is 16.6 Å². The Kier molecular flexibility index (Phi) is 3.28. The Morgan fingerprint density at radius 2 is 1.85 bits per heavy atom. The van der Waals surface area contributed by atoms with Crippen molar-refractivity contribution in [3.63, 3.8) is 0 Å². The Bertz CT molecular complexity index is 724. The van der Waals surface area contributed by atoms with E-state index >= 15 is 0 Å². The summed E-state index contributed by atoms with van der Waals surface area (Å²) in [6.45, 7) is 4.89. The van der Waals surface area contributed by atoms with Gasteiger partial charge in [-0.15, -0.1) is 0 Å². The number of hydrogen-bond donors (Lipinski definition) is 1. The molecule has 0 aliphatic carbocycles. The zero-order chi connectivity index (χ0) is 14.1. The lowest BCUT2D eigenvalue weighted by Gasteiger charge is -2.05. The Labute approximate surface area is 119 Å². The molecule has 3 heteroatoms. The van der Waals surface area contributed by atoms with Crippen molar-refractivity contribution < 1.29 is 0 Å². The van der Waals surface area contributed by atoms with E-state index in [0.29, 0.717) is 12.5 Å². The lowest BCUT2D eigenvalue weighted by atomic mass is 10.00. The van der Waals surface area contributed by atoms with E-state index in [2.05, 4.69) is 55.4 Å². The summed E-state index contributed by atoms with van der Waals surface area (Å²) in [7, 11) is 0. The van der Waals surface area contributed by atoms with Crippen molar-refractivity contribution >= 4 is 5.52 Å². The molecule has 3 rings (SSSR count). The zero-order valence-corrected chi connectivity index (χ0v) is 11.9. The summed E-state index contributed by atoms with van der Waals surface area (Å²) in [5.41, 5.74) is 11.5. The third-order valence-electron chi connectivity index (χ3n) is 3.66. The van der Waals surface area contributed by atoms with E-state index in [1.165, 1.54) is 16.7 Å². The van der Waals surface area contributed by atoms with Gasteiger partial charge in [0.05, 0.1) is 12.0 Å². The molecule has 102 valence electrons. The fourth-order valence-corrected chi connectivity index (χ4v) is 2.39. The molecule has 0 bridgehead atoms. The minimum absolute atomic E-state index is 0.472. The van der Waals surface area contributed by atoms with Gasteiger partial charge in [0.1, 0.15) is 0 Å². The topological polar surface area (TPSA) is 43.3 Å². The first kappa shape index (κ1) is 12.9. The van der Waals surface area contributed by atoms with Gasteiger partial charge in [-0.2, -0.15) is 0 Å². The van der Waals surface area contributed by atoms with E-state index < -0.39 is 0 Å². The van der Waals surface area contributed by atoms with Crippen LogP contribution in [0.2, 0.25) is 0 Å². The van der Waals surface area contributed by atoms with Crippen molar-refractivity contribution in [2.24, 2.45) is 5.73 Å². The Morgan fingerprint density at radius 1 is 1.10 bits per heavy atom. The summed E-state index contributed by atoms with van der Waals surface area (Å²) in [6, 6.07) is 13.0. The van der Waals surface area contributed by atoms with Gasteiger partial charge in [-0.1, -0.05) is 38.1 Å². The van der Waals surface area contributed by atoms with Crippen LogP contribution in [0.15, 0.2) is 48.9 Å². The number of benzene rings is 1. The lowest BCUT2D eigenvalue weighted by Crippen LogP contribution is -2.00. The first-order valence-corrected chi connectivity index (χ1v) is 6.94. The van der Waals surface area contributed by atoms with Gasteiger partial charge in [0, 0.05) is 23.8 Å². The molecule has 0 spiro atoms. The second kappa shape index (κ2) is 5.10. The molecule has 0 aliphatic heterocycles. The number of nitrogens with two attached hydrogens (primary N) is 1. The van der Waals surface area contributed by atoms with Gasteiger partial charge in [0.25, 0.3) is 0 Å². The van der Waals surface area contributed by atoms with E-state index in [-0.39, 0.29) is 0 Å². The van der Waals surface area contributed by atoms with Crippen LogP contribution in [0.3, 0.4) is 0 Å². The first-order valence-electron chi connectivity index (χ1n) is 6.94. The molecule has 1 aromatic carbocycles. The summed E-state index contributed by atoms with van der Waals surface area (Å²) in [4.78, 5) is 4.31. The van der Waals surface area contributed by atoms with Gasteiger partial charge in [0.2, 0.25) is 0 Å². The summed E-state index contributed by atoms with van der Waals surface area (Å²) in [6.07, 6.45) is 3.93. The monoisotopic (exact) mass is 265 g/mol. The van der Waals surface area contributed by atoms with Gasteiger partial charge in [-0.3, -0.25) is 0 Å². The third-order valence-corrected chi connectivity index (χ3v) is 3.66. The highest BCUT2D eigenvalue weighted by atomic mass is 14.9. The SMILES string of the molecule is CC(C)c1ccc(-c2cc3cc(CN)ncn3c2)cc1. The third kappa shape index (κ3) is 2.32. The molecule has 20 heavy (non-hydrogen) atoms. The zero-order valence-electron chi connectivity index (χ0n) is 11.9. The molecule has 0 atom stereocenters. The number of rotatable bonds is 3. The molecule has 3 nitrogen and oxygen atoms in total. The maximum Gasteiger partial charge on any atom is 0.0994 e.